The summed E-state index contributed by atoms with van der Waals surface area (Å²) in [5.74, 6) is 1.70. The molecule has 0 spiro atoms. The molecule has 0 bridgehead atoms. The van der Waals surface area contributed by atoms with Crippen molar-refractivity contribution in [3.63, 3.8) is 0 Å². The quantitative estimate of drug-likeness (QED) is 0.521. The second kappa shape index (κ2) is 8.39. The zero-order valence-corrected chi connectivity index (χ0v) is 15.1. The highest BCUT2D eigenvalue weighted by Crippen LogP contribution is 2.32. The number of hydrogen-bond donors (Lipinski definition) is 3. The first-order chi connectivity index (χ1) is 12.7. The summed E-state index contributed by atoms with van der Waals surface area (Å²) in [7, 11) is 1.59. The number of ether oxygens (including phenoxy) is 1. The number of benzene rings is 1. The summed E-state index contributed by atoms with van der Waals surface area (Å²) in [5, 5.41) is 6.96. The zero-order valence-electron chi connectivity index (χ0n) is 14.3. The molecule has 0 saturated carbocycles. The first-order valence-electron chi connectivity index (χ1n) is 8.08. The molecule has 0 saturated heterocycles. The van der Waals surface area contributed by atoms with E-state index in [0.717, 1.165) is 19.5 Å². The van der Waals surface area contributed by atoms with E-state index in [1.807, 2.05) is 10.8 Å². The summed E-state index contributed by atoms with van der Waals surface area (Å²) in [6.07, 6.45) is 7.84. The third-order valence-electron chi connectivity index (χ3n) is 3.74. The Labute approximate surface area is 156 Å². The molecule has 26 heavy (non-hydrogen) atoms. The van der Waals surface area contributed by atoms with Gasteiger partial charge in [-0.2, -0.15) is 0 Å². The number of anilines is 4. The fourth-order valence-electron chi connectivity index (χ4n) is 2.43. The number of rotatable bonds is 8. The molecule has 9 heteroatoms. The third kappa shape index (κ3) is 4.34. The number of nitrogens with two attached hydrogens (primary N) is 1. The molecule has 0 fully saturated rings. The van der Waals surface area contributed by atoms with Gasteiger partial charge in [0.15, 0.2) is 11.6 Å². The molecule has 0 unspecified atom stereocenters. The summed E-state index contributed by atoms with van der Waals surface area (Å²) in [6, 6.07) is 5.28. The van der Waals surface area contributed by atoms with Crippen molar-refractivity contribution in [1.29, 1.82) is 0 Å². The van der Waals surface area contributed by atoms with E-state index in [4.69, 9.17) is 22.1 Å². The van der Waals surface area contributed by atoms with Gasteiger partial charge in [-0.15, -0.1) is 0 Å². The van der Waals surface area contributed by atoms with Gasteiger partial charge in [0.25, 0.3) is 0 Å². The molecule has 0 amide bonds. The fraction of sp³-hybridized carbons (Fsp3) is 0.235. The van der Waals surface area contributed by atoms with Crippen molar-refractivity contribution in [3.8, 4) is 5.75 Å². The lowest BCUT2D eigenvalue weighted by Crippen LogP contribution is -2.11. The van der Waals surface area contributed by atoms with Crippen LogP contribution in [0.1, 0.15) is 6.42 Å². The summed E-state index contributed by atoms with van der Waals surface area (Å²) < 4.78 is 7.35. The number of imidazole rings is 1. The lowest BCUT2D eigenvalue weighted by molar-refractivity contribution is 0.417. The van der Waals surface area contributed by atoms with Gasteiger partial charge in [-0.05, 0) is 24.6 Å². The molecule has 2 aromatic heterocycles. The van der Waals surface area contributed by atoms with Crippen LogP contribution in [0.25, 0.3) is 0 Å². The standard InChI is InChI=1S/C17H20ClN7O/c1-26-14-4-3-12(18)9-13(14)24-17-15(19)16(22-10-23-17)21-5-2-7-25-8-6-20-11-25/h3-4,6,8-11H,2,5,7,19H2,1H3,(H2,21,22,23,24). The minimum Gasteiger partial charge on any atom is -0.495 e. The maximum Gasteiger partial charge on any atom is 0.159 e. The molecular formula is C17H20ClN7O. The highest BCUT2D eigenvalue weighted by molar-refractivity contribution is 6.31. The monoisotopic (exact) mass is 373 g/mol. The Morgan fingerprint density at radius 3 is 2.88 bits per heavy atom. The van der Waals surface area contributed by atoms with Gasteiger partial charge in [0.1, 0.15) is 17.8 Å². The molecule has 4 N–H and O–H groups in total. The summed E-state index contributed by atoms with van der Waals surface area (Å²) in [4.78, 5) is 12.4. The van der Waals surface area contributed by atoms with Gasteiger partial charge in [-0.25, -0.2) is 15.0 Å². The molecule has 0 atom stereocenters. The zero-order chi connectivity index (χ0) is 18.4. The van der Waals surface area contributed by atoms with Gasteiger partial charge in [-0.1, -0.05) is 11.6 Å². The van der Waals surface area contributed by atoms with Crippen LogP contribution in [0.4, 0.5) is 23.0 Å². The van der Waals surface area contributed by atoms with Crippen LogP contribution in [0.2, 0.25) is 5.02 Å². The molecule has 0 radical (unpaired) electrons. The number of nitrogen functional groups attached to an aromatic ring is 1. The van der Waals surface area contributed by atoms with Crippen molar-refractivity contribution in [1.82, 2.24) is 19.5 Å². The van der Waals surface area contributed by atoms with Crippen LogP contribution in [0.15, 0.2) is 43.2 Å². The molecule has 0 aliphatic rings. The number of nitrogens with one attached hydrogen (secondary N) is 2. The molecule has 0 aliphatic heterocycles. The Kier molecular flexibility index (Phi) is 5.75. The van der Waals surface area contributed by atoms with Gasteiger partial charge in [0, 0.05) is 30.5 Å². The van der Waals surface area contributed by atoms with Gasteiger partial charge in [-0.3, -0.25) is 0 Å². The van der Waals surface area contributed by atoms with E-state index >= 15 is 0 Å². The minimum atomic E-state index is 0.428. The number of hydrogen-bond acceptors (Lipinski definition) is 7. The Morgan fingerprint density at radius 2 is 2.12 bits per heavy atom. The maximum absolute atomic E-state index is 6.20. The number of nitrogens with zero attached hydrogens (tertiary/aromatic N) is 4. The van der Waals surface area contributed by atoms with Crippen LogP contribution in [-0.2, 0) is 6.54 Å². The predicted molar refractivity (Wildman–Crippen MR) is 103 cm³/mol. The first-order valence-corrected chi connectivity index (χ1v) is 8.46. The molecule has 136 valence electrons. The summed E-state index contributed by atoms with van der Waals surface area (Å²) in [6.45, 7) is 1.59. The van der Waals surface area contributed by atoms with Crippen LogP contribution in [0.3, 0.4) is 0 Å². The topological polar surface area (TPSA) is 103 Å². The lowest BCUT2D eigenvalue weighted by atomic mass is 10.3. The van der Waals surface area contributed by atoms with E-state index in [-0.39, 0.29) is 0 Å². The maximum atomic E-state index is 6.20. The second-order valence-electron chi connectivity index (χ2n) is 5.54. The molecule has 1 aromatic carbocycles. The Bertz CT molecular complexity index is 854. The van der Waals surface area contributed by atoms with Crippen LogP contribution in [0.5, 0.6) is 5.75 Å². The van der Waals surface area contributed by atoms with E-state index in [2.05, 4.69) is 25.6 Å². The van der Waals surface area contributed by atoms with Crippen molar-refractivity contribution in [2.24, 2.45) is 0 Å². The van der Waals surface area contributed by atoms with E-state index in [1.54, 1.807) is 37.8 Å². The fourth-order valence-corrected chi connectivity index (χ4v) is 2.60. The third-order valence-corrected chi connectivity index (χ3v) is 3.98. The molecule has 2 heterocycles. The average molecular weight is 374 g/mol. The number of aryl methyl sites for hydroxylation is 1. The average Bonchev–Trinajstić information content (AvgIpc) is 3.15. The van der Waals surface area contributed by atoms with Crippen molar-refractivity contribution in [2.45, 2.75) is 13.0 Å². The number of halogens is 1. The smallest absolute Gasteiger partial charge is 0.159 e. The summed E-state index contributed by atoms with van der Waals surface area (Å²) in [5.41, 5.74) is 7.30. The van der Waals surface area contributed by atoms with Crippen LogP contribution < -0.4 is 21.1 Å². The van der Waals surface area contributed by atoms with E-state index in [1.165, 1.54) is 6.33 Å². The minimum absolute atomic E-state index is 0.428. The SMILES string of the molecule is COc1ccc(Cl)cc1Nc1ncnc(NCCCn2ccnc2)c1N. The van der Waals surface area contributed by atoms with Crippen molar-refractivity contribution in [2.75, 3.05) is 30.0 Å². The molecule has 8 nitrogen and oxygen atoms in total. The van der Waals surface area contributed by atoms with Gasteiger partial charge in [0.2, 0.25) is 0 Å². The Morgan fingerprint density at radius 1 is 1.27 bits per heavy atom. The second-order valence-corrected chi connectivity index (χ2v) is 5.97. The van der Waals surface area contributed by atoms with E-state index in [0.29, 0.717) is 33.8 Å². The first kappa shape index (κ1) is 17.8. The molecule has 0 aliphatic carbocycles. The molecule has 3 rings (SSSR count). The normalized spacial score (nSPS) is 10.5. The van der Waals surface area contributed by atoms with E-state index < -0.39 is 0 Å². The van der Waals surface area contributed by atoms with Crippen molar-refractivity contribution in [3.05, 3.63) is 48.3 Å². The van der Waals surface area contributed by atoms with E-state index in [9.17, 15) is 0 Å². The van der Waals surface area contributed by atoms with Crippen LogP contribution in [-0.4, -0.2) is 33.2 Å². The summed E-state index contributed by atoms with van der Waals surface area (Å²) >= 11 is 6.06. The number of aromatic nitrogens is 4. The Hall–Kier alpha value is -3.00. The largest absolute Gasteiger partial charge is 0.495 e. The highest BCUT2D eigenvalue weighted by atomic mass is 35.5. The van der Waals surface area contributed by atoms with Gasteiger partial charge in [0.05, 0.1) is 19.1 Å². The molecule has 3 aromatic rings. The van der Waals surface area contributed by atoms with Gasteiger partial charge < -0.3 is 25.7 Å². The van der Waals surface area contributed by atoms with Crippen LogP contribution >= 0.6 is 11.6 Å². The van der Waals surface area contributed by atoms with Crippen molar-refractivity contribution < 1.29 is 4.74 Å². The molecular weight excluding hydrogens is 354 g/mol. The van der Waals surface area contributed by atoms with Crippen LogP contribution in [0, 0.1) is 0 Å². The van der Waals surface area contributed by atoms with Crippen molar-refractivity contribution >= 4 is 34.6 Å². The van der Waals surface area contributed by atoms with Gasteiger partial charge >= 0.3 is 0 Å². The number of methoxy groups -OCH3 is 1. The highest BCUT2D eigenvalue weighted by Gasteiger charge is 2.11. The lowest BCUT2D eigenvalue weighted by Gasteiger charge is -2.14. The Balaban J connectivity index is 1.66. The predicted octanol–water partition coefficient (Wildman–Crippen LogP) is 3.16.